The first-order valence-electron chi connectivity index (χ1n) is 15.5. The van der Waals surface area contributed by atoms with E-state index < -0.39 is 12.2 Å². The monoisotopic (exact) mass is 637 g/mol. The number of nitrogens with one attached hydrogen (secondary N) is 4. The van der Waals surface area contributed by atoms with Crippen molar-refractivity contribution in [2.24, 2.45) is 5.41 Å². The van der Waals surface area contributed by atoms with Gasteiger partial charge >= 0.3 is 6.09 Å². The molecule has 0 aromatic rings. The molecule has 1 aliphatic rings. The van der Waals surface area contributed by atoms with Gasteiger partial charge in [0.05, 0.1) is 6.04 Å². The Labute approximate surface area is 267 Å². The van der Waals surface area contributed by atoms with Crippen molar-refractivity contribution in [2.45, 2.75) is 111 Å². The van der Waals surface area contributed by atoms with Crippen molar-refractivity contribution < 1.29 is 28.7 Å². The van der Waals surface area contributed by atoms with Gasteiger partial charge in [0.25, 0.3) is 11.8 Å². The molecule has 5 amide bonds. The van der Waals surface area contributed by atoms with E-state index in [1.165, 1.54) is 17.1 Å². The number of imide groups is 1. The SMILES string of the molecule is CC[C@@H](C)N[C@H](C(=O)N/C=C\C[C@H](C/C=C(\C)Cl)OC(=O)NCCCNC(=O)CCCCCN1C(=O)C=CC1=O)C(C)(C)C. The average Bonchev–Trinajstić information content (AvgIpc) is 3.27. The minimum Gasteiger partial charge on any atom is -0.446 e. The Morgan fingerprint density at radius 1 is 1.00 bits per heavy atom. The quantitative estimate of drug-likeness (QED) is 0.114. The molecule has 0 bridgehead atoms. The molecule has 1 rings (SSSR count). The lowest BCUT2D eigenvalue weighted by Gasteiger charge is -2.32. The summed E-state index contributed by atoms with van der Waals surface area (Å²) in [6.07, 6.45) is 11.2. The maximum Gasteiger partial charge on any atom is 0.407 e. The fraction of sp³-hybridized carbons (Fsp3) is 0.656. The molecule has 0 saturated carbocycles. The van der Waals surface area contributed by atoms with Gasteiger partial charge in [0.2, 0.25) is 11.8 Å². The van der Waals surface area contributed by atoms with E-state index in [9.17, 15) is 24.0 Å². The zero-order valence-electron chi connectivity index (χ0n) is 27.2. The van der Waals surface area contributed by atoms with Gasteiger partial charge in [-0.1, -0.05) is 57.9 Å². The molecule has 0 aromatic carbocycles. The number of allylic oxidation sites excluding steroid dienone is 1. The lowest BCUT2D eigenvalue weighted by atomic mass is 9.85. The number of hydrogen-bond donors (Lipinski definition) is 4. The molecular formula is C32H52ClN5O6. The highest BCUT2D eigenvalue weighted by atomic mass is 35.5. The van der Waals surface area contributed by atoms with Crippen LogP contribution in [0.2, 0.25) is 0 Å². The number of unbranched alkanes of at least 4 members (excludes halogenated alkanes) is 2. The Morgan fingerprint density at radius 3 is 2.27 bits per heavy atom. The maximum absolute atomic E-state index is 12.8. The predicted octanol–water partition coefficient (Wildman–Crippen LogP) is 4.43. The summed E-state index contributed by atoms with van der Waals surface area (Å²) in [4.78, 5) is 61.5. The number of carbonyl (C=O) groups is 5. The highest BCUT2D eigenvalue weighted by Crippen LogP contribution is 2.20. The molecule has 1 aliphatic heterocycles. The van der Waals surface area contributed by atoms with Crippen LogP contribution in [0.4, 0.5) is 4.79 Å². The van der Waals surface area contributed by atoms with Gasteiger partial charge in [0.1, 0.15) is 6.10 Å². The molecule has 4 N–H and O–H groups in total. The molecule has 12 heteroatoms. The van der Waals surface area contributed by atoms with E-state index in [4.69, 9.17) is 16.3 Å². The van der Waals surface area contributed by atoms with Gasteiger partial charge in [-0.25, -0.2) is 4.79 Å². The van der Waals surface area contributed by atoms with E-state index in [1.54, 1.807) is 25.3 Å². The number of hydrogen-bond acceptors (Lipinski definition) is 7. The highest BCUT2D eigenvalue weighted by molar-refractivity contribution is 6.29. The molecule has 0 spiro atoms. The van der Waals surface area contributed by atoms with Crippen molar-refractivity contribution in [1.29, 1.82) is 0 Å². The molecule has 0 aliphatic carbocycles. The van der Waals surface area contributed by atoms with Crippen LogP contribution in [-0.4, -0.2) is 72.4 Å². The third-order valence-corrected chi connectivity index (χ3v) is 7.16. The number of rotatable bonds is 20. The normalized spacial score (nSPS) is 15.8. The van der Waals surface area contributed by atoms with E-state index in [-0.39, 0.29) is 41.1 Å². The number of ether oxygens (including phenoxy) is 1. The zero-order valence-corrected chi connectivity index (χ0v) is 27.9. The van der Waals surface area contributed by atoms with E-state index in [0.717, 1.165) is 12.8 Å². The Hall–Kier alpha value is -3.18. The van der Waals surface area contributed by atoms with Crippen molar-refractivity contribution >= 4 is 41.3 Å². The number of halogens is 1. The molecule has 0 aromatic heterocycles. The van der Waals surface area contributed by atoms with Crippen LogP contribution < -0.4 is 21.3 Å². The van der Waals surface area contributed by atoms with E-state index in [1.807, 2.05) is 27.7 Å². The Balaban J connectivity index is 2.34. The van der Waals surface area contributed by atoms with Crippen molar-refractivity contribution in [1.82, 2.24) is 26.2 Å². The lowest BCUT2D eigenvalue weighted by molar-refractivity contribution is -0.137. The van der Waals surface area contributed by atoms with Crippen LogP contribution in [-0.2, 0) is 23.9 Å². The first-order valence-corrected chi connectivity index (χ1v) is 15.9. The van der Waals surface area contributed by atoms with Crippen LogP contribution >= 0.6 is 11.6 Å². The molecule has 0 unspecified atom stereocenters. The molecule has 248 valence electrons. The molecule has 1 heterocycles. The van der Waals surface area contributed by atoms with Crippen molar-refractivity contribution in [3.63, 3.8) is 0 Å². The van der Waals surface area contributed by atoms with Gasteiger partial charge in [-0.05, 0) is 51.1 Å². The maximum atomic E-state index is 12.8. The van der Waals surface area contributed by atoms with Gasteiger partial charge in [-0.2, -0.15) is 0 Å². The van der Waals surface area contributed by atoms with Crippen LogP contribution in [0.25, 0.3) is 0 Å². The summed E-state index contributed by atoms with van der Waals surface area (Å²) in [6, 6.07) is -0.162. The summed E-state index contributed by atoms with van der Waals surface area (Å²) >= 11 is 5.98. The number of alkyl carbamates (subject to hydrolysis) is 1. The van der Waals surface area contributed by atoms with Crippen molar-refractivity contribution in [3.05, 3.63) is 35.5 Å². The molecule has 3 atom stereocenters. The highest BCUT2D eigenvalue weighted by Gasteiger charge is 2.31. The third kappa shape index (κ3) is 16.6. The second-order valence-corrected chi connectivity index (χ2v) is 12.7. The Bertz CT molecular complexity index is 1030. The summed E-state index contributed by atoms with van der Waals surface area (Å²) in [5, 5.41) is 12.3. The zero-order chi connectivity index (χ0) is 33.1. The molecule has 0 radical (unpaired) electrons. The van der Waals surface area contributed by atoms with Crippen molar-refractivity contribution in [2.75, 3.05) is 19.6 Å². The average molecular weight is 638 g/mol. The predicted molar refractivity (Wildman–Crippen MR) is 172 cm³/mol. The second-order valence-electron chi connectivity index (χ2n) is 12.1. The Morgan fingerprint density at radius 2 is 1.66 bits per heavy atom. The van der Waals surface area contributed by atoms with E-state index >= 15 is 0 Å². The fourth-order valence-corrected chi connectivity index (χ4v) is 4.31. The summed E-state index contributed by atoms with van der Waals surface area (Å²) in [5.41, 5.74) is -0.269. The minimum atomic E-state index is -0.574. The number of amides is 5. The van der Waals surface area contributed by atoms with Crippen LogP contribution in [0.5, 0.6) is 0 Å². The van der Waals surface area contributed by atoms with Gasteiger partial charge < -0.3 is 26.0 Å². The smallest absolute Gasteiger partial charge is 0.407 e. The fourth-order valence-electron chi connectivity index (χ4n) is 4.22. The van der Waals surface area contributed by atoms with Crippen molar-refractivity contribution in [3.8, 4) is 0 Å². The molecule has 44 heavy (non-hydrogen) atoms. The molecule has 11 nitrogen and oxygen atoms in total. The second kappa shape index (κ2) is 20.7. The van der Waals surface area contributed by atoms with Crippen LogP contribution in [0.15, 0.2) is 35.5 Å². The Kier molecular flexibility index (Phi) is 18.3. The molecule has 0 fully saturated rings. The summed E-state index contributed by atoms with van der Waals surface area (Å²) in [7, 11) is 0. The summed E-state index contributed by atoms with van der Waals surface area (Å²) in [5.74, 6) is -0.798. The molecular weight excluding hydrogens is 586 g/mol. The summed E-state index contributed by atoms with van der Waals surface area (Å²) < 4.78 is 5.56. The topological polar surface area (TPSA) is 146 Å². The van der Waals surface area contributed by atoms with Gasteiger partial charge in [-0.15, -0.1) is 0 Å². The van der Waals surface area contributed by atoms with Crippen LogP contribution in [0, 0.1) is 5.41 Å². The largest absolute Gasteiger partial charge is 0.446 e. The van der Waals surface area contributed by atoms with Crippen LogP contribution in [0.1, 0.15) is 92.9 Å². The standard InChI is InChI=1S/C32H52ClN5O6/c1-7-24(3)37-29(32(4,5)6)30(42)35-19-11-13-25(16-15-23(2)33)44-31(43)36-21-12-20-34-26(39)14-9-8-10-22-38-27(40)17-18-28(38)41/h11,15,17-19,24-25,29,37H,7-10,12-14,16,20-22H2,1-6H3,(H,34,39)(H,35,42)(H,36,43)/b19-11-,23-15+/t24-,25-,29-/m1/s1. The van der Waals surface area contributed by atoms with E-state index in [2.05, 4.69) is 28.2 Å². The minimum absolute atomic E-state index is 0.0887. The first-order chi connectivity index (χ1) is 20.7. The number of carbonyl (C=O) groups excluding carboxylic acids is 5. The first kappa shape index (κ1) is 38.8. The summed E-state index contributed by atoms with van der Waals surface area (Å²) in [6.45, 7) is 13.0. The molecule has 0 saturated heterocycles. The third-order valence-electron chi connectivity index (χ3n) is 7.00. The lowest BCUT2D eigenvalue weighted by Crippen LogP contribution is -2.53. The van der Waals surface area contributed by atoms with Gasteiger partial charge in [0, 0.05) is 62.1 Å². The number of nitrogens with zero attached hydrogens (tertiary/aromatic N) is 1. The van der Waals surface area contributed by atoms with Gasteiger partial charge in [0.15, 0.2) is 0 Å². The van der Waals surface area contributed by atoms with Crippen LogP contribution in [0.3, 0.4) is 0 Å². The van der Waals surface area contributed by atoms with E-state index in [0.29, 0.717) is 63.2 Å². The van der Waals surface area contributed by atoms with Gasteiger partial charge in [-0.3, -0.25) is 24.1 Å².